The van der Waals surface area contributed by atoms with Gasteiger partial charge in [-0.1, -0.05) is 34.6 Å². The van der Waals surface area contributed by atoms with Crippen molar-refractivity contribution in [2.24, 2.45) is 0 Å². The molecule has 1 aromatic rings. The number of benzene rings is 1. The van der Waals surface area contributed by atoms with Gasteiger partial charge in [0.2, 0.25) is 0 Å². The van der Waals surface area contributed by atoms with E-state index in [2.05, 4.69) is 0 Å². The molecule has 0 N–H and O–H groups in total. The minimum atomic E-state index is -0.414. The normalized spacial score (nSPS) is 10.9. The zero-order valence-corrected chi connectivity index (χ0v) is 12.6. The first-order valence-corrected chi connectivity index (χ1v) is 6.80. The van der Waals surface area contributed by atoms with E-state index in [0.29, 0.717) is 16.9 Å². The first-order chi connectivity index (χ1) is 9.27. The summed E-state index contributed by atoms with van der Waals surface area (Å²) in [7, 11) is 0. The Hall–Kier alpha value is -1.91. The molecule has 0 bridgehead atoms. The Kier molecular flexibility index (Phi) is 5.25. The zero-order valence-electron chi connectivity index (χ0n) is 12.6. The Morgan fingerprint density at radius 1 is 1.20 bits per heavy atom. The summed E-state index contributed by atoms with van der Waals surface area (Å²) in [6, 6.07) is 2.99. The second kappa shape index (κ2) is 6.50. The predicted molar refractivity (Wildman–Crippen MR) is 77.2 cm³/mol. The van der Waals surface area contributed by atoms with Gasteiger partial charge in [0.15, 0.2) is 0 Å². The van der Waals surface area contributed by atoms with E-state index in [1.807, 2.05) is 27.7 Å². The fraction of sp³-hybridized carbons (Fsp3) is 0.533. The van der Waals surface area contributed by atoms with E-state index in [4.69, 9.17) is 4.74 Å². The largest absolute Gasteiger partial charge is 0.426 e. The van der Waals surface area contributed by atoms with Gasteiger partial charge in [-0.25, -0.2) is 0 Å². The molecule has 0 amide bonds. The van der Waals surface area contributed by atoms with E-state index in [0.717, 1.165) is 0 Å². The Bertz CT molecular complexity index is 492. The van der Waals surface area contributed by atoms with Crippen LogP contribution >= 0.6 is 0 Å². The molecule has 0 saturated heterocycles. The molecule has 0 aromatic heterocycles. The topological polar surface area (TPSA) is 69.4 Å². The maximum absolute atomic E-state index is 11.6. The number of esters is 1. The molecule has 0 spiro atoms. The zero-order chi connectivity index (χ0) is 15.4. The molecule has 5 heteroatoms. The quantitative estimate of drug-likeness (QED) is 0.351. The molecule has 5 nitrogen and oxygen atoms in total. The molecule has 0 aliphatic carbocycles. The molecule has 0 heterocycles. The van der Waals surface area contributed by atoms with Gasteiger partial charge in [0.1, 0.15) is 5.75 Å². The molecule has 0 atom stereocenters. The number of rotatable bonds is 5. The van der Waals surface area contributed by atoms with Gasteiger partial charge in [-0.3, -0.25) is 14.9 Å². The van der Waals surface area contributed by atoms with Crippen molar-refractivity contribution in [1.82, 2.24) is 0 Å². The van der Waals surface area contributed by atoms with Crippen LogP contribution in [0, 0.1) is 10.1 Å². The molecule has 1 rings (SSSR count). The molecule has 0 fully saturated rings. The van der Waals surface area contributed by atoms with Gasteiger partial charge in [-0.05, 0) is 11.8 Å². The van der Waals surface area contributed by atoms with Crippen LogP contribution in [0.2, 0.25) is 0 Å². The van der Waals surface area contributed by atoms with Crippen LogP contribution in [0.3, 0.4) is 0 Å². The van der Waals surface area contributed by atoms with Crippen molar-refractivity contribution >= 4 is 11.7 Å². The molecule has 0 radical (unpaired) electrons. The smallest absolute Gasteiger partial charge is 0.310 e. The maximum Gasteiger partial charge on any atom is 0.310 e. The number of non-ortho nitro benzene ring substituents is 1. The van der Waals surface area contributed by atoms with Gasteiger partial charge >= 0.3 is 5.97 Å². The maximum atomic E-state index is 11.6. The number of hydrogen-bond donors (Lipinski definition) is 0. The first-order valence-electron chi connectivity index (χ1n) is 6.80. The standard InChI is InChI=1S/C15H21NO4/c1-6-14(17)20-15-12(9(2)3)7-11(16(18)19)8-13(15)10(4)5/h7-10H,6H2,1-5H3. The lowest BCUT2D eigenvalue weighted by atomic mass is 9.93. The van der Waals surface area contributed by atoms with Crippen LogP contribution in [0.4, 0.5) is 5.69 Å². The molecule has 1 aromatic carbocycles. The van der Waals surface area contributed by atoms with Crippen LogP contribution in [0.15, 0.2) is 12.1 Å². The van der Waals surface area contributed by atoms with Crippen LogP contribution in [0.25, 0.3) is 0 Å². The molecule has 20 heavy (non-hydrogen) atoms. The summed E-state index contributed by atoms with van der Waals surface area (Å²) in [5, 5.41) is 11.0. The minimum Gasteiger partial charge on any atom is -0.426 e. The molecular weight excluding hydrogens is 258 g/mol. The third-order valence-electron chi connectivity index (χ3n) is 3.09. The minimum absolute atomic E-state index is 0.0343. The lowest BCUT2D eigenvalue weighted by Gasteiger charge is -2.18. The first kappa shape index (κ1) is 16.1. The van der Waals surface area contributed by atoms with Crippen LogP contribution in [0.1, 0.15) is 64.0 Å². The number of nitro groups is 1. The highest BCUT2D eigenvalue weighted by Crippen LogP contribution is 2.38. The van der Waals surface area contributed by atoms with Gasteiger partial charge in [-0.2, -0.15) is 0 Å². The van der Waals surface area contributed by atoms with Crippen molar-refractivity contribution in [2.45, 2.75) is 52.9 Å². The van der Waals surface area contributed by atoms with Gasteiger partial charge in [0, 0.05) is 29.7 Å². The van der Waals surface area contributed by atoms with Gasteiger partial charge < -0.3 is 4.74 Å². The van der Waals surface area contributed by atoms with Gasteiger partial charge in [0.25, 0.3) is 5.69 Å². The van der Waals surface area contributed by atoms with Crippen LogP contribution in [-0.4, -0.2) is 10.9 Å². The lowest BCUT2D eigenvalue weighted by Crippen LogP contribution is -2.11. The highest BCUT2D eigenvalue weighted by Gasteiger charge is 2.22. The molecule has 0 aliphatic rings. The number of hydrogen-bond acceptors (Lipinski definition) is 4. The highest BCUT2D eigenvalue weighted by molar-refractivity contribution is 5.73. The van der Waals surface area contributed by atoms with Crippen molar-refractivity contribution in [2.75, 3.05) is 0 Å². The van der Waals surface area contributed by atoms with Gasteiger partial charge in [-0.15, -0.1) is 0 Å². The lowest BCUT2D eigenvalue weighted by molar-refractivity contribution is -0.385. The molecule has 0 aliphatic heterocycles. The molecule has 0 saturated carbocycles. The summed E-state index contributed by atoms with van der Waals surface area (Å²) >= 11 is 0. The van der Waals surface area contributed by atoms with Crippen LogP contribution in [0.5, 0.6) is 5.75 Å². The number of ether oxygens (including phenoxy) is 1. The van der Waals surface area contributed by atoms with E-state index in [1.54, 1.807) is 6.92 Å². The summed E-state index contributed by atoms with van der Waals surface area (Å²) < 4.78 is 5.42. The summed E-state index contributed by atoms with van der Waals surface area (Å²) in [6.45, 7) is 9.41. The number of nitrogens with zero attached hydrogens (tertiary/aromatic N) is 1. The molecule has 0 unspecified atom stereocenters. The monoisotopic (exact) mass is 279 g/mol. The number of nitro benzene ring substituents is 1. The van der Waals surface area contributed by atoms with Crippen molar-refractivity contribution < 1.29 is 14.5 Å². The van der Waals surface area contributed by atoms with Crippen LogP contribution < -0.4 is 4.74 Å². The van der Waals surface area contributed by atoms with E-state index >= 15 is 0 Å². The Morgan fingerprint density at radius 2 is 1.65 bits per heavy atom. The molecular formula is C15H21NO4. The fourth-order valence-corrected chi connectivity index (χ4v) is 1.93. The number of carbonyl (C=O) groups excluding carboxylic acids is 1. The summed E-state index contributed by atoms with van der Waals surface area (Å²) in [5.74, 6) is 0.217. The second-order valence-electron chi connectivity index (χ2n) is 5.35. The van der Waals surface area contributed by atoms with Crippen molar-refractivity contribution in [1.29, 1.82) is 0 Å². The Morgan fingerprint density at radius 3 is 1.95 bits per heavy atom. The van der Waals surface area contributed by atoms with Crippen molar-refractivity contribution in [3.8, 4) is 5.75 Å². The average Bonchev–Trinajstić information content (AvgIpc) is 2.37. The van der Waals surface area contributed by atoms with E-state index in [1.165, 1.54) is 12.1 Å². The second-order valence-corrected chi connectivity index (χ2v) is 5.35. The predicted octanol–water partition coefficient (Wildman–Crippen LogP) is 4.16. The SMILES string of the molecule is CCC(=O)Oc1c(C(C)C)cc([N+](=O)[O-])cc1C(C)C. The molecule has 110 valence electrons. The summed E-state index contributed by atoms with van der Waals surface area (Å²) in [5.41, 5.74) is 1.43. The van der Waals surface area contributed by atoms with E-state index in [9.17, 15) is 14.9 Å². The Labute approximate surface area is 119 Å². The summed E-state index contributed by atoms with van der Waals surface area (Å²) in [6.07, 6.45) is 0.270. The third-order valence-corrected chi connectivity index (χ3v) is 3.09. The van der Waals surface area contributed by atoms with Gasteiger partial charge in [0.05, 0.1) is 4.92 Å². The third kappa shape index (κ3) is 3.56. The van der Waals surface area contributed by atoms with Crippen molar-refractivity contribution in [3.05, 3.63) is 33.4 Å². The average molecular weight is 279 g/mol. The van der Waals surface area contributed by atoms with E-state index < -0.39 is 4.92 Å². The Balaban J connectivity index is 3.50. The summed E-state index contributed by atoms with van der Waals surface area (Å²) in [4.78, 5) is 22.2. The number of carbonyl (C=O) groups is 1. The van der Waals surface area contributed by atoms with Crippen LogP contribution in [-0.2, 0) is 4.79 Å². The highest BCUT2D eigenvalue weighted by atomic mass is 16.6. The fourth-order valence-electron chi connectivity index (χ4n) is 1.93. The van der Waals surface area contributed by atoms with E-state index in [-0.39, 0.29) is 29.9 Å². The van der Waals surface area contributed by atoms with Crippen molar-refractivity contribution in [3.63, 3.8) is 0 Å².